The van der Waals surface area contributed by atoms with Crippen molar-refractivity contribution in [3.63, 3.8) is 0 Å². The predicted molar refractivity (Wildman–Crippen MR) is 132 cm³/mol. The molecule has 3 aromatic carbocycles. The summed E-state index contributed by atoms with van der Waals surface area (Å²) >= 11 is 0. The predicted octanol–water partition coefficient (Wildman–Crippen LogP) is 4.54. The molecule has 1 N–H and O–H groups in total. The summed E-state index contributed by atoms with van der Waals surface area (Å²) in [6.07, 6.45) is 0.0225. The molecule has 1 heterocycles. The maximum absolute atomic E-state index is 12.8. The Morgan fingerprint density at radius 3 is 2.38 bits per heavy atom. The van der Waals surface area contributed by atoms with Crippen LogP contribution in [0.25, 0.3) is 0 Å². The first kappa shape index (κ1) is 23.8. The molecule has 34 heavy (non-hydrogen) atoms. The number of piperidine rings is 1. The molecule has 3 aromatic rings. The number of aliphatic hydroxyl groups is 1. The zero-order valence-corrected chi connectivity index (χ0v) is 19.8. The van der Waals surface area contributed by atoms with Gasteiger partial charge in [-0.15, -0.1) is 0 Å². The van der Waals surface area contributed by atoms with Crippen molar-refractivity contribution in [1.82, 2.24) is 9.80 Å². The van der Waals surface area contributed by atoms with E-state index >= 15 is 0 Å². The van der Waals surface area contributed by atoms with Crippen LogP contribution in [0.4, 0.5) is 4.79 Å². The number of carbonyl (C=O) groups is 1. The van der Waals surface area contributed by atoms with Gasteiger partial charge >= 0.3 is 6.09 Å². The monoisotopic (exact) mass is 460 g/mol. The number of benzene rings is 3. The summed E-state index contributed by atoms with van der Waals surface area (Å²) in [4.78, 5) is 16.5. The van der Waals surface area contributed by atoms with E-state index in [1.54, 1.807) is 17.0 Å². The molecule has 0 radical (unpaired) electrons. The van der Waals surface area contributed by atoms with Crippen molar-refractivity contribution >= 4 is 6.09 Å². The van der Waals surface area contributed by atoms with Crippen molar-refractivity contribution in [2.75, 3.05) is 33.7 Å². The highest BCUT2D eigenvalue weighted by Crippen LogP contribution is 2.39. The topological polar surface area (TPSA) is 62.2 Å². The molecular formula is C28H32N2O4. The van der Waals surface area contributed by atoms with Crippen LogP contribution in [-0.4, -0.2) is 54.7 Å². The minimum Gasteiger partial charge on any atom is -0.489 e. The Balaban J connectivity index is 1.49. The molecule has 0 saturated carbocycles. The molecule has 0 aliphatic carbocycles. The number of nitrogens with zero attached hydrogens (tertiary/aromatic N) is 2. The molecule has 1 amide bonds. The summed E-state index contributed by atoms with van der Waals surface area (Å²) in [5.74, 6) is 1.04. The van der Waals surface area contributed by atoms with Crippen molar-refractivity contribution in [2.24, 2.45) is 5.92 Å². The molecule has 0 spiro atoms. The minimum absolute atomic E-state index is 0.191. The second-order valence-corrected chi connectivity index (χ2v) is 9.06. The maximum atomic E-state index is 12.8. The van der Waals surface area contributed by atoms with Gasteiger partial charge < -0.3 is 24.4 Å². The summed E-state index contributed by atoms with van der Waals surface area (Å²) in [6.45, 7) is 1.89. The number of rotatable bonds is 7. The second-order valence-electron chi connectivity index (χ2n) is 9.06. The van der Waals surface area contributed by atoms with Gasteiger partial charge in [-0.2, -0.15) is 0 Å². The van der Waals surface area contributed by atoms with E-state index < -0.39 is 11.7 Å². The van der Waals surface area contributed by atoms with Gasteiger partial charge in [-0.3, -0.25) is 0 Å². The van der Waals surface area contributed by atoms with E-state index in [1.807, 2.05) is 91.8 Å². The van der Waals surface area contributed by atoms with Crippen molar-refractivity contribution in [3.05, 3.63) is 96.1 Å². The van der Waals surface area contributed by atoms with Crippen molar-refractivity contribution < 1.29 is 19.4 Å². The van der Waals surface area contributed by atoms with Crippen molar-refractivity contribution in [2.45, 2.75) is 18.6 Å². The molecule has 1 saturated heterocycles. The van der Waals surface area contributed by atoms with Gasteiger partial charge in [0.05, 0.1) is 5.60 Å². The lowest BCUT2D eigenvalue weighted by molar-refractivity contribution is -0.0785. The largest absolute Gasteiger partial charge is 0.489 e. The van der Waals surface area contributed by atoms with E-state index in [2.05, 4.69) is 0 Å². The van der Waals surface area contributed by atoms with Gasteiger partial charge in [0.1, 0.15) is 18.1 Å². The first-order chi connectivity index (χ1) is 16.4. The highest BCUT2D eigenvalue weighted by Gasteiger charge is 2.44. The molecule has 1 aliphatic heterocycles. The molecule has 4 rings (SSSR count). The third-order valence-electron chi connectivity index (χ3n) is 6.25. The molecule has 0 bridgehead atoms. The number of hydrogen-bond acceptors (Lipinski definition) is 5. The molecule has 1 aliphatic rings. The Hall–Kier alpha value is -3.35. The van der Waals surface area contributed by atoms with Gasteiger partial charge in [0.2, 0.25) is 0 Å². The van der Waals surface area contributed by atoms with Crippen LogP contribution in [0.1, 0.15) is 17.5 Å². The third-order valence-corrected chi connectivity index (χ3v) is 6.25. The van der Waals surface area contributed by atoms with Gasteiger partial charge in [0.25, 0.3) is 0 Å². The zero-order chi connectivity index (χ0) is 24.0. The summed E-state index contributed by atoms with van der Waals surface area (Å²) in [6, 6.07) is 26.7. The quantitative estimate of drug-likeness (QED) is 0.561. The lowest BCUT2D eigenvalue weighted by Crippen LogP contribution is -2.55. The van der Waals surface area contributed by atoms with Gasteiger partial charge in [-0.05, 0) is 55.9 Å². The molecule has 2 unspecified atom stereocenters. The molecule has 2 atom stereocenters. The molecule has 0 aromatic heterocycles. The zero-order valence-electron chi connectivity index (χ0n) is 19.8. The van der Waals surface area contributed by atoms with Crippen LogP contribution in [-0.2, 0) is 12.2 Å². The van der Waals surface area contributed by atoms with Crippen LogP contribution >= 0.6 is 0 Å². The lowest BCUT2D eigenvalue weighted by atomic mass is 9.75. The second kappa shape index (κ2) is 10.7. The maximum Gasteiger partial charge on any atom is 0.415 e. The van der Waals surface area contributed by atoms with E-state index in [0.717, 1.165) is 11.1 Å². The fourth-order valence-corrected chi connectivity index (χ4v) is 4.46. The first-order valence-electron chi connectivity index (χ1n) is 11.6. The smallest absolute Gasteiger partial charge is 0.415 e. The number of para-hydroxylation sites is 1. The van der Waals surface area contributed by atoms with Crippen LogP contribution in [0.5, 0.6) is 11.5 Å². The lowest BCUT2D eigenvalue weighted by Gasteiger charge is -2.45. The SMILES string of the molecule is CN(C)CC1CN(C(=O)Oc2ccccc2)CCC1(O)c1cccc(OCc2ccccc2)c1. The van der Waals surface area contributed by atoms with E-state index in [4.69, 9.17) is 9.47 Å². The summed E-state index contributed by atoms with van der Waals surface area (Å²) < 4.78 is 11.6. The van der Waals surface area contributed by atoms with Gasteiger partial charge in [-0.25, -0.2) is 4.79 Å². The summed E-state index contributed by atoms with van der Waals surface area (Å²) in [7, 11) is 3.95. The Morgan fingerprint density at radius 1 is 1.00 bits per heavy atom. The molecule has 1 fully saturated rings. The third kappa shape index (κ3) is 5.76. The average molecular weight is 461 g/mol. The Labute approximate surface area is 201 Å². The highest BCUT2D eigenvalue weighted by molar-refractivity contribution is 5.71. The van der Waals surface area contributed by atoms with Gasteiger partial charge in [0, 0.05) is 25.6 Å². The Kier molecular flexibility index (Phi) is 7.50. The Bertz CT molecular complexity index is 1070. The fourth-order valence-electron chi connectivity index (χ4n) is 4.46. The van der Waals surface area contributed by atoms with Gasteiger partial charge in [0.15, 0.2) is 0 Å². The number of carbonyl (C=O) groups excluding carboxylic acids is 1. The van der Waals surface area contributed by atoms with Crippen LogP contribution in [0.3, 0.4) is 0 Å². The molecule has 6 heteroatoms. The van der Waals surface area contributed by atoms with Crippen LogP contribution in [0.15, 0.2) is 84.9 Å². The standard InChI is InChI=1S/C28H32N2O4/c1-29(2)19-24-20-30(27(31)34-25-13-7-4-8-14-25)17-16-28(24,32)23-12-9-15-26(18-23)33-21-22-10-5-3-6-11-22/h3-15,18,24,32H,16-17,19-21H2,1-2H3. The Morgan fingerprint density at radius 2 is 1.68 bits per heavy atom. The first-order valence-corrected chi connectivity index (χ1v) is 11.6. The van der Waals surface area contributed by atoms with E-state index in [0.29, 0.717) is 44.2 Å². The highest BCUT2D eigenvalue weighted by atomic mass is 16.6. The van der Waals surface area contributed by atoms with Crippen LogP contribution < -0.4 is 9.47 Å². The van der Waals surface area contributed by atoms with Gasteiger partial charge in [-0.1, -0.05) is 60.7 Å². The normalized spacial score (nSPS) is 20.2. The average Bonchev–Trinajstić information content (AvgIpc) is 2.85. The van der Waals surface area contributed by atoms with E-state index in [1.165, 1.54) is 0 Å². The number of ether oxygens (including phenoxy) is 2. The number of likely N-dealkylation sites (tertiary alicyclic amines) is 1. The van der Waals surface area contributed by atoms with Crippen molar-refractivity contribution in [3.8, 4) is 11.5 Å². The number of hydrogen-bond donors (Lipinski definition) is 1. The molecule has 178 valence electrons. The van der Waals surface area contributed by atoms with Crippen LogP contribution in [0.2, 0.25) is 0 Å². The van der Waals surface area contributed by atoms with Crippen LogP contribution in [0, 0.1) is 5.92 Å². The minimum atomic E-state index is -1.08. The van der Waals surface area contributed by atoms with Crippen molar-refractivity contribution in [1.29, 1.82) is 0 Å². The fraction of sp³-hybridized carbons (Fsp3) is 0.321. The van der Waals surface area contributed by atoms with E-state index in [9.17, 15) is 9.90 Å². The van der Waals surface area contributed by atoms with E-state index in [-0.39, 0.29) is 5.92 Å². The molecular weight excluding hydrogens is 428 g/mol. The summed E-state index contributed by atoms with van der Waals surface area (Å²) in [5, 5.41) is 11.9. The molecule has 6 nitrogen and oxygen atoms in total. The summed E-state index contributed by atoms with van der Waals surface area (Å²) in [5.41, 5.74) is 0.809. The number of amides is 1.